The van der Waals surface area contributed by atoms with Crippen LogP contribution >= 0.6 is 11.9 Å². The molecule has 2 aliphatic carbocycles. The molecule has 0 radical (unpaired) electrons. The molecule has 2 fully saturated rings. The van der Waals surface area contributed by atoms with Crippen molar-refractivity contribution in [3.05, 3.63) is 76.9 Å². The van der Waals surface area contributed by atoms with Crippen molar-refractivity contribution in [1.82, 2.24) is 4.31 Å². The van der Waals surface area contributed by atoms with Crippen LogP contribution in [0.3, 0.4) is 0 Å². The summed E-state index contributed by atoms with van der Waals surface area (Å²) in [7, 11) is -3.48. The summed E-state index contributed by atoms with van der Waals surface area (Å²) >= 11 is 1.69. The van der Waals surface area contributed by atoms with Crippen LogP contribution in [0.5, 0.6) is 0 Å². The van der Waals surface area contributed by atoms with Gasteiger partial charge in [0.15, 0.2) is 9.84 Å². The lowest BCUT2D eigenvalue weighted by atomic mass is 9.77. The monoisotopic (exact) mass is 605 g/mol. The maximum atomic E-state index is 13.6. The average Bonchev–Trinajstić information content (AvgIpc) is 3.29. The van der Waals surface area contributed by atoms with E-state index in [1.54, 1.807) is 24.1 Å². The third kappa shape index (κ3) is 5.36. The molecular weight excluding hydrogens is 567 g/mol. The van der Waals surface area contributed by atoms with E-state index in [0.29, 0.717) is 29.0 Å². The first-order chi connectivity index (χ1) is 20.1. The molecule has 1 heterocycles. The van der Waals surface area contributed by atoms with Crippen molar-refractivity contribution in [1.29, 1.82) is 0 Å². The van der Waals surface area contributed by atoms with Gasteiger partial charge in [-0.15, -0.1) is 0 Å². The van der Waals surface area contributed by atoms with Crippen molar-refractivity contribution in [2.75, 3.05) is 31.1 Å². The molecule has 7 nitrogen and oxygen atoms in total. The summed E-state index contributed by atoms with van der Waals surface area (Å²) < 4.78 is 29.5. The van der Waals surface area contributed by atoms with Crippen LogP contribution in [0.4, 0.5) is 5.69 Å². The van der Waals surface area contributed by atoms with Gasteiger partial charge in [0.1, 0.15) is 5.71 Å². The molecule has 1 saturated heterocycles. The summed E-state index contributed by atoms with van der Waals surface area (Å²) in [5, 5.41) is 23.0. The van der Waals surface area contributed by atoms with Gasteiger partial charge < -0.3 is 15.2 Å². The van der Waals surface area contributed by atoms with E-state index in [0.717, 1.165) is 71.7 Å². The Labute approximate surface area is 253 Å². The first-order valence-electron chi connectivity index (χ1n) is 14.7. The van der Waals surface area contributed by atoms with Crippen LogP contribution in [0.15, 0.2) is 69.5 Å². The highest BCUT2D eigenvalue weighted by molar-refractivity contribution is 7.97. The van der Waals surface area contributed by atoms with Crippen molar-refractivity contribution in [2.24, 2.45) is 10.6 Å². The van der Waals surface area contributed by atoms with Gasteiger partial charge in [0, 0.05) is 47.9 Å². The number of rotatable bonds is 6. The molecule has 6 rings (SSSR count). The smallest absolute Gasteiger partial charge is 0.181 e. The molecule has 0 bridgehead atoms. The third-order valence-electron chi connectivity index (χ3n) is 9.34. The van der Waals surface area contributed by atoms with Crippen molar-refractivity contribution in [3.63, 3.8) is 0 Å². The lowest BCUT2D eigenvalue weighted by molar-refractivity contribution is 0.246. The number of anilines is 1. The SMILES string of the molecule is Cc1c(CO)cccc1N1CCN(Sc2ccc3c(c2)/C(=N/O)c2cc(S(=O)(=O)C4CCC(C)(C)CC4)ccc2-3)CC1. The molecule has 1 aliphatic heterocycles. The maximum Gasteiger partial charge on any atom is 0.181 e. The largest absolute Gasteiger partial charge is 0.410 e. The summed E-state index contributed by atoms with van der Waals surface area (Å²) in [6, 6.07) is 17.6. The second-order valence-corrected chi connectivity index (χ2v) is 15.9. The number of hydrogen-bond acceptors (Lipinski definition) is 8. The van der Waals surface area contributed by atoms with Gasteiger partial charge >= 0.3 is 0 Å². The molecule has 2 N–H and O–H groups in total. The molecule has 1 saturated carbocycles. The molecule has 42 heavy (non-hydrogen) atoms. The van der Waals surface area contributed by atoms with Gasteiger partial charge in [-0.25, -0.2) is 12.7 Å². The predicted molar refractivity (Wildman–Crippen MR) is 169 cm³/mol. The summed E-state index contributed by atoms with van der Waals surface area (Å²) in [6.45, 7) is 10.1. The molecular formula is C33H39N3O4S2. The fraction of sp³-hybridized carbons (Fsp3) is 0.424. The molecule has 0 unspecified atom stereocenters. The van der Waals surface area contributed by atoms with E-state index in [1.165, 1.54) is 5.69 Å². The van der Waals surface area contributed by atoms with Gasteiger partial charge in [0.05, 0.1) is 16.8 Å². The minimum absolute atomic E-state index is 0.0486. The number of aliphatic hydroxyl groups excluding tert-OH is 1. The van der Waals surface area contributed by atoms with Crippen molar-refractivity contribution in [3.8, 4) is 11.1 Å². The Bertz CT molecular complexity index is 1630. The summed E-state index contributed by atoms with van der Waals surface area (Å²) in [4.78, 5) is 3.74. The number of hydrogen-bond donors (Lipinski definition) is 2. The van der Waals surface area contributed by atoms with E-state index in [-0.39, 0.29) is 17.3 Å². The Kier molecular flexibility index (Phi) is 7.89. The maximum absolute atomic E-state index is 13.6. The van der Waals surface area contributed by atoms with E-state index < -0.39 is 9.84 Å². The number of oxime groups is 1. The minimum atomic E-state index is -3.48. The molecule has 3 aromatic carbocycles. The zero-order valence-corrected chi connectivity index (χ0v) is 26.1. The van der Waals surface area contributed by atoms with Gasteiger partial charge in [-0.1, -0.05) is 43.3 Å². The second-order valence-electron chi connectivity index (χ2n) is 12.5. The average molecular weight is 606 g/mol. The standard InChI is InChI=1S/C33H39N3O4S2/c1-22-23(21-37)5-4-6-31(22)35-15-17-36(18-16-35)41-24-7-9-27-28-10-8-26(20-30(28)32(34-38)29(27)19-24)42(39,40)25-11-13-33(2,3)14-12-25/h4-10,19-20,25,37-38H,11-18,21H2,1-3H3/b34-32-. The van der Waals surface area contributed by atoms with Crippen molar-refractivity contribution >= 4 is 33.2 Å². The number of fused-ring (bicyclic) bond motifs is 3. The van der Waals surface area contributed by atoms with Crippen LogP contribution in [-0.2, 0) is 16.4 Å². The summed E-state index contributed by atoms with van der Waals surface area (Å²) in [5.41, 5.74) is 7.23. The lowest BCUT2D eigenvalue weighted by Crippen LogP contribution is -2.43. The predicted octanol–water partition coefficient (Wildman–Crippen LogP) is 6.27. The molecule has 9 heteroatoms. The number of sulfone groups is 1. The summed E-state index contributed by atoms with van der Waals surface area (Å²) in [5.74, 6) is 0. The molecule has 0 amide bonds. The molecule has 3 aliphatic rings. The van der Waals surface area contributed by atoms with Crippen LogP contribution < -0.4 is 4.90 Å². The van der Waals surface area contributed by atoms with Crippen molar-refractivity contribution < 1.29 is 18.7 Å². The quantitative estimate of drug-likeness (QED) is 0.152. The van der Waals surface area contributed by atoms with E-state index in [2.05, 4.69) is 47.3 Å². The Morgan fingerprint density at radius 3 is 2.26 bits per heavy atom. The van der Waals surface area contributed by atoms with Crippen molar-refractivity contribution in [2.45, 2.75) is 68.1 Å². The fourth-order valence-electron chi connectivity index (χ4n) is 6.62. The molecule has 0 atom stereocenters. The van der Waals surface area contributed by atoms with E-state index in [4.69, 9.17) is 0 Å². The summed E-state index contributed by atoms with van der Waals surface area (Å²) in [6.07, 6.45) is 3.17. The van der Waals surface area contributed by atoms with E-state index >= 15 is 0 Å². The topological polar surface area (TPSA) is 93.4 Å². The van der Waals surface area contributed by atoms with Gasteiger partial charge in [-0.05, 0) is 103 Å². The zero-order chi connectivity index (χ0) is 29.6. The van der Waals surface area contributed by atoms with Crippen LogP contribution in [0, 0.1) is 12.3 Å². The molecule has 222 valence electrons. The van der Waals surface area contributed by atoms with Crippen LogP contribution in [-0.4, -0.2) is 60.2 Å². The van der Waals surface area contributed by atoms with Gasteiger partial charge in [0.2, 0.25) is 0 Å². The van der Waals surface area contributed by atoms with Crippen LogP contribution in [0.2, 0.25) is 0 Å². The highest BCUT2D eigenvalue weighted by Crippen LogP contribution is 2.43. The highest BCUT2D eigenvalue weighted by atomic mass is 32.2. The minimum Gasteiger partial charge on any atom is -0.410 e. The molecule has 0 spiro atoms. The first kappa shape index (κ1) is 29.2. The van der Waals surface area contributed by atoms with Gasteiger partial charge in [-0.3, -0.25) is 0 Å². The highest BCUT2D eigenvalue weighted by Gasteiger charge is 2.36. The third-order valence-corrected chi connectivity index (χ3v) is 12.7. The Morgan fingerprint density at radius 1 is 0.929 bits per heavy atom. The Balaban J connectivity index is 1.17. The number of aliphatic hydroxyl groups is 1. The second kappa shape index (κ2) is 11.3. The lowest BCUT2D eigenvalue weighted by Gasteiger charge is -2.36. The van der Waals surface area contributed by atoms with Gasteiger partial charge in [-0.2, -0.15) is 0 Å². The first-order valence-corrected chi connectivity index (χ1v) is 17.1. The van der Waals surface area contributed by atoms with E-state index in [9.17, 15) is 18.7 Å². The number of benzene rings is 3. The van der Waals surface area contributed by atoms with Crippen LogP contribution in [0.25, 0.3) is 11.1 Å². The van der Waals surface area contributed by atoms with E-state index in [1.807, 2.05) is 30.3 Å². The Morgan fingerprint density at radius 2 is 1.60 bits per heavy atom. The normalized spacial score (nSPS) is 20.1. The van der Waals surface area contributed by atoms with Crippen LogP contribution in [0.1, 0.15) is 61.8 Å². The fourth-order valence-corrected chi connectivity index (χ4v) is 9.35. The molecule has 0 aromatic heterocycles. The Hall–Kier alpha value is -2.85. The molecule has 3 aromatic rings. The zero-order valence-electron chi connectivity index (χ0n) is 24.5. The number of nitrogens with zero attached hydrogens (tertiary/aromatic N) is 3. The van der Waals surface area contributed by atoms with Gasteiger partial charge in [0.25, 0.3) is 0 Å². The number of piperazine rings is 1.